The van der Waals surface area contributed by atoms with Gasteiger partial charge in [-0.3, -0.25) is 4.79 Å². The minimum Gasteiger partial charge on any atom is -0.319 e. The first kappa shape index (κ1) is 11.2. The Hall–Kier alpha value is -1.88. The number of halogens is 1. The van der Waals surface area contributed by atoms with Crippen molar-refractivity contribution in [2.45, 2.75) is 6.92 Å². The highest BCUT2D eigenvalue weighted by Crippen LogP contribution is 2.19. The molecule has 2 heterocycles. The molecule has 2 aromatic heterocycles. The third-order valence-electron chi connectivity index (χ3n) is 2.75. The summed E-state index contributed by atoms with van der Waals surface area (Å²) >= 11 is 3.39. The van der Waals surface area contributed by atoms with E-state index in [2.05, 4.69) is 26.0 Å². The van der Waals surface area contributed by atoms with Gasteiger partial charge in [-0.2, -0.15) is 5.10 Å². The predicted molar refractivity (Wildman–Crippen MR) is 73.7 cm³/mol. The highest BCUT2D eigenvalue weighted by Gasteiger charge is 2.06. The zero-order valence-electron chi connectivity index (χ0n) is 9.64. The van der Waals surface area contributed by atoms with E-state index in [0.29, 0.717) is 5.52 Å². The minimum atomic E-state index is -0.129. The quantitative estimate of drug-likeness (QED) is 0.751. The fraction of sp³-hybridized carbons (Fsp3) is 0.0769. The summed E-state index contributed by atoms with van der Waals surface area (Å²) in [5.41, 5.74) is 2.96. The van der Waals surface area contributed by atoms with E-state index < -0.39 is 0 Å². The topological polar surface area (TPSA) is 50.2 Å². The van der Waals surface area contributed by atoms with Gasteiger partial charge in [0.25, 0.3) is 5.56 Å². The smallest absolute Gasteiger partial charge is 0.274 e. The lowest BCUT2D eigenvalue weighted by Gasteiger charge is -2.02. The molecule has 0 spiro atoms. The summed E-state index contributed by atoms with van der Waals surface area (Å²) in [4.78, 5) is 14.8. The molecule has 0 unspecified atom stereocenters. The Balaban J connectivity index is 2.24. The molecule has 1 N–H and O–H groups in total. The fourth-order valence-electron chi connectivity index (χ4n) is 1.90. The number of fused-ring (bicyclic) bond motifs is 1. The fourth-order valence-corrected chi connectivity index (χ4v) is 2.17. The number of hydrogen-bond acceptors (Lipinski definition) is 2. The molecule has 0 atom stereocenters. The Bertz CT molecular complexity index is 771. The van der Waals surface area contributed by atoms with Crippen LogP contribution in [0.4, 0.5) is 0 Å². The summed E-state index contributed by atoms with van der Waals surface area (Å²) in [6, 6.07) is 9.53. The third kappa shape index (κ3) is 1.86. The van der Waals surface area contributed by atoms with Crippen LogP contribution < -0.4 is 5.56 Å². The van der Waals surface area contributed by atoms with Crippen molar-refractivity contribution in [1.29, 1.82) is 0 Å². The predicted octanol–water partition coefficient (Wildman–Crippen LogP) is 2.76. The van der Waals surface area contributed by atoms with Crippen LogP contribution in [0.15, 0.2) is 45.8 Å². The molecular weight excluding hydrogens is 294 g/mol. The third-order valence-corrected chi connectivity index (χ3v) is 3.27. The molecule has 3 aromatic rings. The zero-order valence-corrected chi connectivity index (χ0v) is 11.2. The Morgan fingerprint density at radius 3 is 2.72 bits per heavy atom. The van der Waals surface area contributed by atoms with Gasteiger partial charge in [0.1, 0.15) is 5.52 Å². The van der Waals surface area contributed by atoms with E-state index in [-0.39, 0.29) is 5.56 Å². The van der Waals surface area contributed by atoms with Gasteiger partial charge in [-0.25, -0.2) is 4.52 Å². The van der Waals surface area contributed by atoms with Crippen molar-refractivity contribution in [3.8, 4) is 11.3 Å². The lowest BCUT2D eigenvalue weighted by Crippen LogP contribution is -2.10. The number of rotatable bonds is 1. The lowest BCUT2D eigenvalue weighted by atomic mass is 10.2. The van der Waals surface area contributed by atoms with Gasteiger partial charge in [0.15, 0.2) is 0 Å². The molecule has 1 aromatic carbocycles. The van der Waals surface area contributed by atoms with E-state index in [1.54, 1.807) is 10.6 Å². The van der Waals surface area contributed by atoms with Crippen LogP contribution in [0.25, 0.3) is 16.8 Å². The van der Waals surface area contributed by atoms with Crippen LogP contribution in [0.3, 0.4) is 0 Å². The number of H-pyrrole nitrogens is 1. The molecule has 5 heteroatoms. The van der Waals surface area contributed by atoms with Crippen LogP contribution in [-0.2, 0) is 0 Å². The second-order valence-electron chi connectivity index (χ2n) is 4.12. The molecular formula is C13H10BrN3O. The monoisotopic (exact) mass is 303 g/mol. The van der Waals surface area contributed by atoms with Gasteiger partial charge in [0.2, 0.25) is 0 Å². The standard InChI is InChI=1S/C13H10BrN3O/c1-8-6-12-13(18)15-11(7-17(12)16-8)9-2-4-10(14)5-3-9/h2-7H,1H3,(H,15,18). The number of aromatic amines is 1. The second kappa shape index (κ2) is 4.10. The summed E-state index contributed by atoms with van der Waals surface area (Å²) < 4.78 is 2.62. The SMILES string of the molecule is Cc1cc2c(=O)[nH]c(-c3ccc(Br)cc3)cn2n1. The van der Waals surface area contributed by atoms with E-state index in [4.69, 9.17) is 0 Å². The number of aromatic nitrogens is 3. The van der Waals surface area contributed by atoms with Crippen LogP contribution in [-0.4, -0.2) is 14.6 Å². The molecule has 4 nitrogen and oxygen atoms in total. The van der Waals surface area contributed by atoms with Crippen LogP contribution in [0, 0.1) is 6.92 Å². The lowest BCUT2D eigenvalue weighted by molar-refractivity contribution is 0.917. The molecule has 0 saturated carbocycles. The Morgan fingerprint density at radius 1 is 1.28 bits per heavy atom. The van der Waals surface area contributed by atoms with Gasteiger partial charge in [0.05, 0.1) is 17.6 Å². The summed E-state index contributed by atoms with van der Waals surface area (Å²) in [6.45, 7) is 1.87. The first-order valence-electron chi connectivity index (χ1n) is 5.49. The van der Waals surface area contributed by atoms with Gasteiger partial charge < -0.3 is 4.98 Å². The maximum absolute atomic E-state index is 11.9. The average molecular weight is 304 g/mol. The first-order valence-corrected chi connectivity index (χ1v) is 6.28. The van der Waals surface area contributed by atoms with Crippen LogP contribution in [0.5, 0.6) is 0 Å². The molecule has 0 amide bonds. The van der Waals surface area contributed by atoms with Gasteiger partial charge in [-0.15, -0.1) is 0 Å². The molecule has 0 aliphatic carbocycles. The molecule has 0 aliphatic heterocycles. The summed E-state index contributed by atoms with van der Waals surface area (Å²) in [7, 11) is 0. The van der Waals surface area contributed by atoms with Crippen LogP contribution in [0.1, 0.15) is 5.69 Å². The van der Waals surface area contributed by atoms with Gasteiger partial charge in [-0.05, 0) is 30.7 Å². The molecule has 0 aliphatic rings. The van der Waals surface area contributed by atoms with Crippen molar-refractivity contribution in [2.75, 3.05) is 0 Å². The van der Waals surface area contributed by atoms with E-state index in [0.717, 1.165) is 21.4 Å². The van der Waals surface area contributed by atoms with Gasteiger partial charge >= 0.3 is 0 Å². The Morgan fingerprint density at radius 2 is 2.00 bits per heavy atom. The average Bonchev–Trinajstić information content (AvgIpc) is 2.71. The van der Waals surface area contributed by atoms with E-state index in [9.17, 15) is 4.79 Å². The van der Waals surface area contributed by atoms with Crippen LogP contribution in [0.2, 0.25) is 0 Å². The van der Waals surface area contributed by atoms with Gasteiger partial charge in [-0.1, -0.05) is 28.1 Å². The van der Waals surface area contributed by atoms with Crippen molar-refractivity contribution in [1.82, 2.24) is 14.6 Å². The zero-order chi connectivity index (χ0) is 12.7. The number of benzene rings is 1. The van der Waals surface area contributed by atoms with Crippen molar-refractivity contribution >= 4 is 21.4 Å². The van der Waals surface area contributed by atoms with E-state index in [1.807, 2.05) is 37.4 Å². The number of nitrogens with one attached hydrogen (secondary N) is 1. The normalized spacial score (nSPS) is 11.0. The summed E-state index contributed by atoms with van der Waals surface area (Å²) in [6.07, 6.45) is 1.83. The highest BCUT2D eigenvalue weighted by atomic mass is 79.9. The van der Waals surface area contributed by atoms with E-state index in [1.165, 1.54) is 0 Å². The second-order valence-corrected chi connectivity index (χ2v) is 5.03. The first-order chi connectivity index (χ1) is 8.63. The number of hydrogen-bond donors (Lipinski definition) is 1. The highest BCUT2D eigenvalue weighted by molar-refractivity contribution is 9.10. The minimum absolute atomic E-state index is 0.129. The maximum atomic E-state index is 11.9. The summed E-state index contributed by atoms with van der Waals surface area (Å²) in [5, 5.41) is 4.27. The maximum Gasteiger partial charge on any atom is 0.274 e. The number of aryl methyl sites for hydroxylation is 1. The molecule has 0 fully saturated rings. The molecule has 3 rings (SSSR count). The molecule has 0 saturated heterocycles. The van der Waals surface area contributed by atoms with Crippen molar-refractivity contribution in [3.05, 3.63) is 57.0 Å². The van der Waals surface area contributed by atoms with Gasteiger partial charge in [0, 0.05) is 4.47 Å². The largest absolute Gasteiger partial charge is 0.319 e. The molecule has 0 radical (unpaired) electrons. The van der Waals surface area contributed by atoms with Crippen molar-refractivity contribution in [3.63, 3.8) is 0 Å². The molecule has 18 heavy (non-hydrogen) atoms. The van der Waals surface area contributed by atoms with E-state index >= 15 is 0 Å². The molecule has 0 bridgehead atoms. The Labute approximate surface area is 111 Å². The summed E-state index contributed by atoms with van der Waals surface area (Å²) in [5.74, 6) is 0. The molecule has 90 valence electrons. The van der Waals surface area contributed by atoms with Crippen molar-refractivity contribution < 1.29 is 0 Å². The van der Waals surface area contributed by atoms with Crippen LogP contribution >= 0.6 is 15.9 Å². The van der Waals surface area contributed by atoms with Crippen molar-refractivity contribution in [2.24, 2.45) is 0 Å². The number of nitrogens with zero attached hydrogens (tertiary/aromatic N) is 2. The Kier molecular flexibility index (Phi) is 2.56.